The monoisotopic (exact) mass is 266 g/mol. The highest BCUT2D eigenvalue weighted by molar-refractivity contribution is 6.31. The summed E-state index contributed by atoms with van der Waals surface area (Å²) < 4.78 is 0. The number of nitrogens with two attached hydrogens (primary N) is 1. The van der Waals surface area contributed by atoms with Gasteiger partial charge in [0.1, 0.15) is 0 Å². The number of nitrogens with one attached hydrogen (secondary N) is 1. The molecular formula is C14H19ClN2O. The van der Waals surface area contributed by atoms with Crippen molar-refractivity contribution in [1.29, 1.82) is 0 Å². The van der Waals surface area contributed by atoms with E-state index in [1.54, 1.807) is 0 Å². The molecule has 1 aromatic carbocycles. The summed E-state index contributed by atoms with van der Waals surface area (Å²) in [5.74, 6) is 0.0351. The Morgan fingerprint density at radius 1 is 1.44 bits per heavy atom. The van der Waals surface area contributed by atoms with E-state index in [-0.39, 0.29) is 11.3 Å². The Bertz CT molecular complexity index is 453. The van der Waals surface area contributed by atoms with Crippen molar-refractivity contribution in [2.24, 2.45) is 11.1 Å². The van der Waals surface area contributed by atoms with Crippen molar-refractivity contribution in [1.82, 2.24) is 0 Å². The van der Waals surface area contributed by atoms with E-state index in [0.29, 0.717) is 11.6 Å². The van der Waals surface area contributed by atoms with Gasteiger partial charge in [-0.2, -0.15) is 0 Å². The van der Waals surface area contributed by atoms with Crippen molar-refractivity contribution in [3.05, 3.63) is 28.8 Å². The Morgan fingerprint density at radius 3 is 2.72 bits per heavy atom. The number of hydrogen-bond acceptors (Lipinski definition) is 2. The third kappa shape index (κ3) is 2.38. The van der Waals surface area contributed by atoms with Crippen LogP contribution in [0.2, 0.25) is 5.02 Å². The van der Waals surface area contributed by atoms with E-state index in [4.69, 9.17) is 17.3 Å². The predicted octanol–water partition coefficient (Wildman–Crippen LogP) is 3.11. The maximum absolute atomic E-state index is 12.4. The Hall–Kier alpha value is -1.06. The van der Waals surface area contributed by atoms with E-state index < -0.39 is 0 Å². The lowest BCUT2D eigenvalue weighted by Crippen LogP contribution is -2.40. The van der Waals surface area contributed by atoms with Crippen molar-refractivity contribution in [3.8, 4) is 0 Å². The SMILES string of the molecule is Cc1c(Cl)cccc1NC(=O)C1(CN)CCCC1. The van der Waals surface area contributed by atoms with Gasteiger partial charge in [-0.05, 0) is 37.5 Å². The van der Waals surface area contributed by atoms with Gasteiger partial charge in [-0.15, -0.1) is 0 Å². The zero-order valence-electron chi connectivity index (χ0n) is 10.6. The fourth-order valence-corrected chi connectivity index (χ4v) is 2.75. The molecule has 0 heterocycles. The molecule has 0 bridgehead atoms. The van der Waals surface area contributed by atoms with Crippen molar-refractivity contribution < 1.29 is 4.79 Å². The van der Waals surface area contributed by atoms with Crippen LogP contribution in [0.3, 0.4) is 0 Å². The van der Waals surface area contributed by atoms with Crippen LogP contribution in [-0.2, 0) is 4.79 Å². The van der Waals surface area contributed by atoms with Gasteiger partial charge >= 0.3 is 0 Å². The van der Waals surface area contributed by atoms with Gasteiger partial charge in [0.2, 0.25) is 5.91 Å². The minimum absolute atomic E-state index is 0.0351. The zero-order chi connectivity index (χ0) is 13.2. The van der Waals surface area contributed by atoms with Crippen molar-refractivity contribution in [3.63, 3.8) is 0 Å². The lowest BCUT2D eigenvalue weighted by molar-refractivity contribution is -0.124. The van der Waals surface area contributed by atoms with E-state index in [2.05, 4.69) is 5.32 Å². The lowest BCUT2D eigenvalue weighted by Gasteiger charge is -2.26. The molecule has 4 heteroatoms. The fraction of sp³-hybridized carbons (Fsp3) is 0.500. The van der Waals surface area contributed by atoms with E-state index in [9.17, 15) is 4.79 Å². The molecule has 0 atom stereocenters. The Kier molecular flexibility index (Phi) is 3.93. The molecule has 3 N–H and O–H groups in total. The van der Waals surface area contributed by atoms with E-state index in [1.807, 2.05) is 25.1 Å². The molecule has 1 aromatic rings. The van der Waals surface area contributed by atoms with Gasteiger partial charge in [-0.25, -0.2) is 0 Å². The summed E-state index contributed by atoms with van der Waals surface area (Å²) in [5, 5.41) is 3.65. The number of carbonyl (C=O) groups is 1. The second-order valence-corrected chi connectivity index (χ2v) is 5.47. The highest BCUT2D eigenvalue weighted by Crippen LogP contribution is 2.38. The second kappa shape index (κ2) is 5.29. The van der Waals surface area contributed by atoms with Crippen LogP contribution in [0.4, 0.5) is 5.69 Å². The van der Waals surface area contributed by atoms with Crippen molar-refractivity contribution >= 4 is 23.2 Å². The second-order valence-electron chi connectivity index (χ2n) is 5.06. The molecule has 18 heavy (non-hydrogen) atoms. The number of benzene rings is 1. The van der Waals surface area contributed by atoms with Gasteiger partial charge in [-0.1, -0.05) is 30.5 Å². The van der Waals surface area contributed by atoms with Crippen LogP contribution in [0.5, 0.6) is 0 Å². The minimum atomic E-state index is -0.380. The van der Waals surface area contributed by atoms with Gasteiger partial charge in [0, 0.05) is 17.3 Å². The van der Waals surface area contributed by atoms with Gasteiger partial charge in [0.05, 0.1) is 5.41 Å². The van der Waals surface area contributed by atoms with Gasteiger partial charge in [-0.3, -0.25) is 4.79 Å². The largest absolute Gasteiger partial charge is 0.329 e. The van der Waals surface area contributed by atoms with E-state index in [1.165, 1.54) is 0 Å². The predicted molar refractivity (Wildman–Crippen MR) is 74.8 cm³/mol. The van der Waals surface area contributed by atoms with Crippen LogP contribution in [0, 0.1) is 12.3 Å². The van der Waals surface area contributed by atoms with Crippen LogP contribution in [0.15, 0.2) is 18.2 Å². The average molecular weight is 267 g/mol. The Balaban J connectivity index is 2.18. The smallest absolute Gasteiger partial charge is 0.231 e. The van der Waals surface area contributed by atoms with Gasteiger partial charge in [0.25, 0.3) is 0 Å². The quantitative estimate of drug-likeness (QED) is 0.883. The zero-order valence-corrected chi connectivity index (χ0v) is 11.4. The Labute approximate surface area is 113 Å². The fourth-order valence-electron chi connectivity index (χ4n) is 2.57. The molecule has 98 valence electrons. The number of halogens is 1. The molecule has 1 saturated carbocycles. The topological polar surface area (TPSA) is 55.1 Å². The van der Waals surface area contributed by atoms with E-state index in [0.717, 1.165) is 36.9 Å². The maximum atomic E-state index is 12.4. The summed E-state index contributed by atoms with van der Waals surface area (Å²) in [6, 6.07) is 5.54. The number of anilines is 1. The highest BCUT2D eigenvalue weighted by atomic mass is 35.5. The summed E-state index contributed by atoms with van der Waals surface area (Å²) >= 11 is 6.05. The van der Waals surface area contributed by atoms with Crippen LogP contribution in [0.25, 0.3) is 0 Å². The molecule has 2 rings (SSSR count). The molecule has 0 aliphatic heterocycles. The molecule has 0 aromatic heterocycles. The first-order valence-corrected chi connectivity index (χ1v) is 6.73. The molecule has 0 unspecified atom stereocenters. The Morgan fingerprint density at radius 2 is 2.11 bits per heavy atom. The number of carbonyl (C=O) groups excluding carboxylic acids is 1. The standard InChI is InChI=1S/C14H19ClN2O/c1-10-11(15)5-4-6-12(10)17-13(18)14(9-16)7-2-3-8-14/h4-6H,2-3,7-9,16H2,1H3,(H,17,18). The molecule has 3 nitrogen and oxygen atoms in total. The number of hydrogen-bond donors (Lipinski definition) is 2. The summed E-state index contributed by atoms with van der Waals surface area (Å²) in [4.78, 5) is 12.4. The van der Waals surface area contributed by atoms with Crippen molar-refractivity contribution in [2.45, 2.75) is 32.6 Å². The first kappa shape index (κ1) is 13.4. The lowest BCUT2D eigenvalue weighted by atomic mass is 9.85. The third-order valence-electron chi connectivity index (χ3n) is 3.95. The molecule has 0 radical (unpaired) electrons. The summed E-state index contributed by atoms with van der Waals surface area (Å²) in [6.07, 6.45) is 3.93. The number of amides is 1. The third-order valence-corrected chi connectivity index (χ3v) is 4.36. The summed E-state index contributed by atoms with van der Waals surface area (Å²) in [6.45, 7) is 2.32. The summed E-state index contributed by atoms with van der Waals surface area (Å²) in [7, 11) is 0. The normalized spacial score (nSPS) is 17.7. The molecule has 1 fully saturated rings. The molecule has 0 saturated heterocycles. The molecule has 1 aliphatic carbocycles. The summed E-state index contributed by atoms with van der Waals surface area (Å²) in [5.41, 5.74) is 7.11. The van der Waals surface area contributed by atoms with Crippen molar-refractivity contribution in [2.75, 3.05) is 11.9 Å². The van der Waals surface area contributed by atoms with E-state index >= 15 is 0 Å². The van der Waals surface area contributed by atoms with Crippen LogP contribution in [0.1, 0.15) is 31.2 Å². The number of rotatable bonds is 3. The molecule has 1 amide bonds. The van der Waals surface area contributed by atoms with Gasteiger partial charge in [0.15, 0.2) is 0 Å². The maximum Gasteiger partial charge on any atom is 0.231 e. The minimum Gasteiger partial charge on any atom is -0.329 e. The first-order valence-electron chi connectivity index (χ1n) is 6.36. The van der Waals surface area contributed by atoms with Gasteiger partial charge < -0.3 is 11.1 Å². The molecular weight excluding hydrogens is 248 g/mol. The molecule has 1 aliphatic rings. The van der Waals surface area contributed by atoms with Crippen LogP contribution in [-0.4, -0.2) is 12.5 Å². The van der Waals surface area contributed by atoms with Crippen LogP contribution < -0.4 is 11.1 Å². The first-order chi connectivity index (χ1) is 8.59. The average Bonchev–Trinajstić information content (AvgIpc) is 2.85. The molecule has 0 spiro atoms. The highest BCUT2D eigenvalue weighted by Gasteiger charge is 2.39. The van der Waals surface area contributed by atoms with Crippen LogP contribution >= 0.6 is 11.6 Å².